The van der Waals surface area contributed by atoms with Crippen LogP contribution in [0.4, 0.5) is 0 Å². The number of allylic oxidation sites excluding steroid dienone is 5. The molecule has 176 valence electrons. The summed E-state index contributed by atoms with van der Waals surface area (Å²) in [6.45, 7) is 8.25. The Kier molecular flexibility index (Phi) is 10.3. The van der Waals surface area contributed by atoms with E-state index in [0.29, 0.717) is 18.0 Å². The zero-order chi connectivity index (χ0) is 23.5. The number of rotatable bonds is 13. The lowest BCUT2D eigenvalue weighted by molar-refractivity contribution is 0.0290. The van der Waals surface area contributed by atoms with Crippen LogP contribution in [0.15, 0.2) is 83.9 Å². The molecule has 3 nitrogen and oxygen atoms in total. The van der Waals surface area contributed by atoms with Gasteiger partial charge in [0.25, 0.3) is 0 Å². The Morgan fingerprint density at radius 3 is 2.76 bits per heavy atom. The number of carbonyl (C=O) groups is 1. The molecule has 0 radical (unpaired) electrons. The minimum atomic E-state index is -0.266. The summed E-state index contributed by atoms with van der Waals surface area (Å²) in [5.74, 6) is 2.45. The van der Waals surface area contributed by atoms with Crippen LogP contribution in [0.5, 0.6) is 0 Å². The monoisotopic (exact) mass is 463 g/mol. The van der Waals surface area contributed by atoms with Crippen LogP contribution in [0.3, 0.4) is 0 Å². The molecule has 2 aliphatic rings. The molecular weight excluding hydrogens is 426 g/mol. The fourth-order valence-corrected chi connectivity index (χ4v) is 5.11. The smallest absolute Gasteiger partial charge is 0.338 e. The molecule has 0 saturated heterocycles. The summed E-state index contributed by atoms with van der Waals surface area (Å²) in [5, 5.41) is 1.39. The maximum Gasteiger partial charge on any atom is 0.338 e. The number of hydrogen-bond donors (Lipinski definition) is 0. The lowest BCUT2D eigenvalue weighted by Crippen LogP contribution is -2.18. The number of unbranched alkanes of at least 4 members (excludes halogenated alkanes) is 1. The van der Waals surface area contributed by atoms with E-state index in [4.69, 9.17) is 9.73 Å². The summed E-state index contributed by atoms with van der Waals surface area (Å²) in [6, 6.07) is 9.53. The highest BCUT2D eigenvalue weighted by Crippen LogP contribution is 2.44. The molecule has 1 fully saturated rings. The third kappa shape index (κ3) is 8.85. The number of nitrogens with zero attached hydrogens (tertiary/aromatic N) is 1. The van der Waals surface area contributed by atoms with Crippen LogP contribution in [0.2, 0.25) is 0 Å². The normalized spacial score (nSPS) is 23.6. The quantitative estimate of drug-likeness (QED) is 0.131. The molecule has 4 atom stereocenters. The predicted molar refractivity (Wildman–Crippen MR) is 142 cm³/mol. The van der Waals surface area contributed by atoms with Gasteiger partial charge in [0.05, 0.1) is 16.6 Å². The Morgan fingerprint density at radius 2 is 2.03 bits per heavy atom. The minimum Gasteiger partial charge on any atom is -0.458 e. The van der Waals surface area contributed by atoms with Crippen LogP contribution in [-0.4, -0.2) is 28.9 Å². The number of thioether (sulfide) groups is 1. The third-order valence-electron chi connectivity index (χ3n) is 6.07. The second-order valence-corrected chi connectivity index (χ2v) is 10.1. The summed E-state index contributed by atoms with van der Waals surface area (Å²) in [7, 11) is 0. The van der Waals surface area contributed by atoms with Crippen LogP contribution in [0, 0.1) is 11.8 Å². The van der Waals surface area contributed by atoms with Gasteiger partial charge < -0.3 is 4.74 Å². The standard InChI is InChI=1S/C29H37NO2S/c1-4-13-26(32-29(31)24-15-10-8-11-16-24)19-18-22(2)14-9-6-5-7-12-17-25-21-33-28(30-25)27-20-23(27)3/h4,6,8-12,14-17,23,25-27H,1,5,7,13,18-21H2,2-3H3/b9-6+,17-12-,22-14+/t23-,25+,26-,27+/m0/s1. The fraction of sp³-hybridized carbons (Fsp3) is 0.448. The van der Waals surface area contributed by atoms with E-state index in [0.717, 1.165) is 43.3 Å². The molecule has 0 bridgehead atoms. The van der Waals surface area contributed by atoms with Crippen molar-refractivity contribution in [3.8, 4) is 0 Å². The van der Waals surface area contributed by atoms with E-state index in [1.807, 2.05) is 36.0 Å². The van der Waals surface area contributed by atoms with E-state index in [1.54, 1.807) is 12.1 Å². The zero-order valence-corrected chi connectivity index (χ0v) is 20.8. The van der Waals surface area contributed by atoms with Gasteiger partial charge in [0, 0.05) is 18.1 Å². The maximum atomic E-state index is 12.3. The van der Waals surface area contributed by atoms with E-state index in [9.17, 15) is 4.79 Å². The summed E-state index contributed by atoms with van der Waals surface area (Å²) in [5.41, 5.74) is 1.87. The van der Waals surface area contributed by atoms with Crippen molar-refractivity contribution in [2.24, 2.45) is 16.8 Å². The highest BCUT2D eigenvalue weighted by molar-refractivity contribution is 8.14. The van der Waals surface area contributed by atoms with Crippen LogP contribution in [0.1, 0.15) is 62.7 Å². The Balaban J connectivity index is 1.33. The number of esters is 1. The van der Waals surface area contributed by atoms with Gasteiger partial charge in [0.1, 0.15) is 6.10 Å². The van der Waals surface area contributed by atoms with Gasteiger partial charge in [-0.05, 0) is 57.1 Å². The van der Waals surface area contributed by atoms with Crippen LogP contribution in [-0.2, 0) is 4.74 Å². The number of aliphatic imine (C=N–C) groups is 1. The maximum absolute atomic E-state index is 12.3. The third-order valence-corrected chi connectivity index (χ3v) is 7.28. The first-order valence-corrected chi connectivity index (χ1v) is 13.1. The van der Waals surface area contributed by atoms with Gasteiger partial charge in [-0.3, -0.25) is 4.99 Å². The Morgan fingerprint density at radius 1 is 1.27 bits per heavy atom. The van der Waals surface area contributed by atoms with E-state index >= 15 is 0 Å². The molecule has 0 aromatic heterocycles. The molecule has 0 unspecified atom stereocenters. The lowest BCUT2D eigenvalue weighted by atomic mass is 10.1. The second kappa shape index (κ2) is 13.4. The average molecular weight is 464 g/mol. The van der Waals surface area contributed by atoms with Crippen molar-refractivity contribution in [1.29, 1.82) is 0 Å². The van der Waals surface area contributed by atoms with Gasteiger partial charge in [-0.1, -0.05) is 67.2 Å². The highest BCUT2D eigenvalue weighted by atomic mass is 32.2. The minimum absolute atomic E-state index is 0.146. The second-order valence-electron chi connectivity index (χ2n) is 9.07. The van der Waals surface area contributed by atoms with Crippen molar-refractivity contribution in [3.63, 3.8) is 0 Å². The average Bonchev–Trinajstić information content (AvgIpc) is 3.36. The summed E-state index contributed by atoms with van der Waals surface area (Å²) < 4.78 is 5.69. The molecule has 0 N–H and O–H groups in total. The molecule has 3 rings (SSSR count). The van der Waals surface area contributed by atoms with E-state index in [2.05, 4.69) is 50.8 Å². The van der Waals surface area contributed by atoms with E-state index < -0.39 is 0 Å². The molecule has 1 aliphatic carbocycles. The molecule has 4 heteroatoms. The predicted octanol–water partition coefficient (Wildman–Crippen LogP) is 7.58. The number of carbonyl (C=O) groups excluding carboxylic acids is 1. The van der Waals surface area contributed by atoms with Crippen molar-refractivity contribution >= 4 is 22.8 Å². The van der Waals surface area contributed by atoms with Crippen molar-refractivity contribution < 1.29 is 9.53 Å². The van der Waals surface area contributed by atoms with Gasteiger partial charge in [-0.25, -0.2) is 4.79 Å². The fourth-order valence-electron chi connectivity index (χ4n) is 3.83. The topological polar surface area (TPSA) is 38.7 Å². The Bertz CT molecular complexity index is 899. The van der Waals surface area contributed by atoms with Crippen LogP contribution in [0.25, 0.3) is 0 Å². The van der Waals surface area contributed by atoms with Crippen molar-refractivity contribution in [2.75, 3.05) is 5.75 Å². The van der Waals surface area contributed by atoms with Gasteiger partial charge in [0.2, 0.25) is 0 Å². The zero-order valence-electron chi connectivity index (χ0n) is 20.0. The van der Waals surface area contributed by atoms with E-state index in [1.165, 1.54) is 17.0 Å². The lowest BCUT2D eigenvalue weighted by Gasteiger charge is -2.16. The van der Waals surface area contributed by atoms with Gasteiger partial charge in [0.15, 0.2) is 0 Å². The number of benzene rings is 1. The molecule has 1 aromatic rings. The molecule has 0 spiro atoms. The SMILES string of the molecule is C=CC[C@@H](CC/C(C)=C/C=C/CC/C=C\[C@@H]1CSC([C@@H]2C[C@@H]2C)=N1)OC(=O)c1ccccc1. The van der Waals surface area contributed by atoms with Gasteiger partial charge in [-0.15, -0.1) is 18.3 Å². The molecule has 0 amide bonds. The first-order valence-electron chi connectivity index (χ1n) is 12.1. The largest absolute Gasteiger partial charge is 0.458 e. The molecule has 1 aromatic carbocycles. The highest BCUT2D eigenvalue weighted by Gasteiger charge is 2.39. The summed E-state index contributed by atoms with van der Waals surface area (Å²) >= 11 is 1.96. The summed E-state index contributed by atoms with van der Waals surface area (Å²) in [6.07, 6.45) is 18.5. The van der Waals surface area contributed by atoms with Gasteiger partial charge in [-0.2, -0.15) is 0 Å². The summed E-state index contributed by atoms with van der Waals surface area (Å²) in [4.78, 5) is 17.2. The number of ether oxygens (including phenoxy) is 1. The Labute approximate surface area is 203 Å². The molecular formula is C29H37NO2S. The van der Waals surface area contributed by atoms with E-state index in [-0.39, 0.29) is 12.1 Å². The molecule has 1 saturated carbocycles. The van der Waals surface area contributed by atoms with Crippen LogP contribution < -0.4 is 0 Å². The number of hydrogen-bond acceptors (Lipinski definition) is 4. The first-order chi connectivity index (χ1) is 16.1. The van der Waals surface area contributed by atoms with Gasteiger partial charge >= 0.3 is 5.97 Å². The molecule has 33 heavy (non-hydrogen) atoms. The van der Waals surface area contributed by atoms with Crippen molar-refractivity contribution in [1.82, 2.24) is 0 Å². The van der Waals surface area contributed by atoms with Crippen LogP contribution >= 0.6 is 11.8 Å². The molecule has 1 aliphatic heterocycles. The van der Waals surface area contributed by atoms with Crippen molar-refractivity contribution in [2.45, 2.75) is 64.5 Å². The molecule has 1 heterocycles. The first kappa shape index (κ1) is 25.3. The Hall–Kier alpha value is -2.33. The van der Waals surface area contributed by atoms with Crippen molar-refractivity contribution in [3.05, 3.63) is 84.5 Å².